The molecule has 2 amide bonds. The molecule has 0 saturated carbocycles. The van der Waals surface area contributed by atoms with Gasteiger partial charge in [0.05, 0.1) is 6.17 Å². The van der Waals surface area contributed by atoms with Crippen molar-refractivity contribution < 1.29 is 9.59 Å². The van der Waals surface area contributed by atoms with E-state index >= 15 is 0 Å². The number of hydrogen-bond acceptors (Lipinski definition) is 3. The lowest BCUT2D eigenvalue weighted by Gasteiger charge is -2.32. The lowest BCUT2D eigenvalue weighted by molar-refractivity contribution is -0.148. The summed E-state index contributed by atoms with van der Waals surface area (Å²) < 4.78 is 0. The zero-order valence-corrected chi connectivity index (χ0v) is 9.00. The Morgan fingerprint density at radius 2 is 1.54 bits per heavy atom. The molecule has 0 aromatic heterocycles. The summed E-state index contributed by atoms with van der Waals surface area (Å²) in [7, 11) is 3.71. The van der Waals surface area contributed by atoms with Gasteiger partial charge in [-0.25, -0.2) is 0 Å². The number of carbonyl (C=O) groups excluding carboxylic acids is 2. The summed E-state index contributed by atoms with van der Waals surface area (Å²) in [5, 5.41) is 0. The first-order chi connectivity index (χ1) is 5.91. The highest BCUT2D eigenvalue weighted by molar-refractivity contribution is 5.93. The molecule has 0 bridgehead atoms. The summed E-state index contributed by atoms with van der Waals surface area (Å²) in [6.45, 7) is 4.77. The van der Waals surface area contributed by atoms with Crippen molar-refractivity contribution >= 4 is 11.8 Å². The predicted molar refractivity (Wildman–Crippen MR) is 51.0 cm³/mol. The summed E-state index contributed by atoms with van der Waals surface area (Å²) in [6, 6.07) is 0. The molecule has 13 heavy (non-hydrogen) atoms. The van der Waals surface area contributed by atoms with Crippen LogP contribution in [0.4, 0.5) is 0 Å². The van der Waals surface area contributed by atoms with Crippen LogP contribution in [0.15, 0.2) is 0 Å². The Hall–Kier alpha value is -0.900. The Morgan fingerprint density at radius 1 is 1.15 bits per heavy atom. The summed E-state index contributed by atoms with van der Waals surface area (Å²) in [5.41, 5.74) is 0. The van der Waals surface area contributed by atoms with E-state index in [0.29, 0.717) is 0 Å². The van der Waals surface area contributed by atoms with Crippen LogP contribution in [0.1, 0.15) is 27.2 Å². The van der Waals surface area contributed by atoms with Crippen molar-refractivity contribution in [1.82, 2.24) is 9.80 Å². The predicted octanol–water partition coefficient (Wildman–Crippen LogP) is 0.679. The molecule has 76 valence electrons. The molecule has 0 fully saturated rings. The van der Waals surface area contributed by atoms with Gasteiger partial charge >= 0.3 is 0 Å². The number of imide groups is 1. The summed E-state index contributed by atoms with van der Waals surface area (Å²) in [5.74, 6) is -0.402. The molecule has 4 nitrogen and oxygen atoms in total. The number of hydrogen-bond donors (Lipinski definition) is 0. The van der Waals surface area contributed by atoms with E-state index in [1.54, 1.807) is 0 Å². The molecule has 0 aromatic carbocycles. The Bertz CT molecular complexity index is 188. The molecule has 0 rings (SSSR count). The highest BCUT2D eigenvalue weighted by atomic mass is 16.2. The van der Waals surface area contributed by atoms with E-state index in [9.17, 15) is 9.59 Å². The topological polar surface area (TPSA) is 40.6 Å². The third-order valence-corrected chi connectivity index (χ3v) is 1.94. The summed E-state index contributed by atoms with van der Waals surface area (Å²) in [4.78, 5) is 25.5. The highest BCUT2D eigenvalue weighted by Gasteiger charge is 2.24. The molecule has 0 aliphatic heterocycles. The third kappa shape index (κ3) is 3.14. The molecule has 0 radical (unpaired) electrons. The van der Waals surface area contributed by atoms with Gasteiger partial charge in [0.15, 0.2) is 0 Å². The van der Waals surface area contributed by atoms with Crippen LogP contribution in [0.5, 0.6) is 0 Å². The lowest BCUT2D eigenvalue weighted by atomic mass is 10.3. The van der Waals surface area contributed by atoms with E-state index in [2.05, 4.69) is 0 Å². The highest BCUT2D eigenvalue weighted by Crippen LogP contribution is 2.07. The molecule has 0 saturated heterocycles. The quantitative estimate of drug-likeness (QED) is 0.608. The summed E-state index contributed by atoms with van der Waals surface area (Å²) in [6.07, 6.45) is 0.613. The fourth-order valence-electron chi connectivity index (χ4n) is 1.42. The molecule has 0 spiro atoms. The van der Waals surface area contributed by atoms with Crippen LogP contribution in [-0.4, -0.2) is 41.9 Å². The van der Waals surface area contributed by atoms with Crippen molar-refractivity contribution in [2.75, 3.05) is 14.1 Å². The van der Waals surface area contributed by atoms with Crippen molar-refractivity contribution in [3.8, 4) is 0 Å². The molecule has 0 aliphatic rings. The van der Waals surface area contributed by atoms with E-state index in [4.69, 9.17) is 0 Å². The second-order valence-corrected chi connectivity index (χ2v) is 3.26. The molecular weight excluding hydrogens is 168 g/mol. The zero-order valence-electron chi connectivity index (χ0n) is 9.00. The fourth-order valence-corrected chi connectivity index (χ4v) is 1.42. The maximum Gasteiger partial charge on any atom is 0.227 e. The molecular formula is C9H18N2O2. The maximum absolute atomic E-state index is 11.2. The second kappa shape index (κ2) is 4.97. The Kier molecular flexibility index (Phi) is 4.62. The number of nitrogens with zero attached hydrogens (tertiary/aromatic N) is 2. The normalized spacial score (nSPS) is 12.8. The van der Waals surface area contributed by atoms with Crippen LogP contribution in [0, 0.1) is 0 Å². The van der Waals surface area contributed by atoms with Crippen LogP contribution in [-0.2, 0) is 9.59 Å². The van der Waals surface area contributed by atoms with Gasteiger partial charge in [0.25, 0.3) is 0 Å². The maximum atomic E-state index is 11.2. The van der Waals surface area contributed by atoms with Crippen LogP contribution in [0.3, 0.4) is 0 Å². The van der Waals surface area contributed by atoms with Crippen molar-refractivity contribution in [3.63, 3.8) is 0 Å². The summed E-state index contributed by atoms with van der Waals surface area (Å²) >= 11 is 0. The van der Waals surface area contributed by atoms with Gasteiger partial charge in [0.2, 0.25) is 11.8 Å². The van der Waals surface area contributed by atoms with Crippen molar-refractivity contribution in [3.05, 3.63) is 0 Å². The first-order valence-corrected chi connectivity index (χ1v) is 4.38. The standard InChI is InChI=1S/C9H18N2O2/c1-6-9(10(4)5)11(7(2)12)8(3)13/h9H,6H2,1-5H3. The van der Waals surface area contributed by atoms with E-state index in [0.717, 1.165) is 6.42 Å². The average molecular weight is 186 g/mol. The van der Waals surface area contributed by atoms with Crippen LogP contribution in [0.2, 0.25) is 0 Å². The van der Waals surface area contributed by atoms with Gasteiger partial charge in [0.1, 0.15) is 0 Å². The Balaban J connectivity index is 4.69. The smallest absolute Gasteiger partial charge is 0.227 e. The SMILES string of the molecule is CCC(N(C)C)N(C(C)=O)C(C)=O. The molecule has 0 N–H and O–H groups in total. The van der Waals surface area contributed by atoms with Gasteiger partial charge in [-0.05, 0) is 20.5 Å². The van der Waals surface area contributed by atoms with Gasteiger partial charge < -0.3 is 0 Å². The largest absolute Gasteiger partial charge is 0.289 e. The number of rotatable bonds is 3. The van der Waals surface area contributed by atoms with E-state index in [-0.39, 0.29) is 18.0 Å². The van der Waals surface area contributed by atoms with E-state index in [1.165, 1.54) is 18.7 Å². The molecule has 0 heterocycles. The monoisotopic (exact) mass is 186 g/mol. The van der Waals surface area contributed by atoms with E-state index in [1.807, 2.05) is 25.9 Å². The molecule has 1 unspecified atom stereocenters. The number of carbonyl (C=O) groups is 2. The Morgan fingerprint density at radius 3 is 1.62 bits per heavy atom. The van der Waals surface area contributed by atoms with E-state index < -0.39 is 0 Å². The van der Waals surface area contributed by atoms with Gasteiger partial charge in [-0.15, -0.1) is 0 Å². The van der Waals surface area contributed by atoms with Gasteiger partial charge in [-0.2, -0.15) is 0 Å². The first-order valence-electron chi connectivity index (χ1n) is 4.38. The average Bonchev–Trinajstić information content (AvgIpc) is 1.97. The van der Waals surface area contributed by atoms with Crippen LogP contribution >= 0.6 is 0 Å². The molecule has 0 aromatic rings. The van der Waals surface area contributed by atoms with Gasteiger partial charge in [-0.1, -0.05) is 6.92 Å². The molecule has 0 aliphatic carbocycles. The van der Waals surface area contributed by atoms with Crippen LogP contribution < -0.4 is 0 Å². The van der Waals surface area contributed by atoms with Gasteiger partial charge in [-0.3, -0.25) is 19.4 Å². The number of amides is 2. The van der Waals surface area contributed by atoms with Crippen molar-refractivity contribution in [2.24, 2.45) is 0 Å². The minimum absolute atomic E-state index is 0.130. The Labute approximate surface area is 79.5 Å². The first kappa shape index (κ1) is 12.1. The fraction of sp³-hybridized carbons (Fsp3) is 0.778. The van der Waals surface area contributed by atoms with Crippen molar-refractivity contribution in [2.45, 2.75) is 33.4 Å². The molecule has 4 heteroatoms. The zero-order chi connectivity index (χ0) is 10.6. The minimum atomic E-state index is -0.201. The molecule has 1 atom stereocenters. The van der Waals surface area contributed by atoms with Crippen LogP contribution in [0.25, 0.3) is 0 Å². The third-order valence-electron chi connectivity index (χ3n) is 1.94. The lowest BCUT2D eigenvalue weighted by Crippen LogP contribution is -2.49. The second-order valence-electron chi connectivity index (χ2n) is 3.26. The van der Waals surface area contributed by atoms with Crippen molar-refractivity contribution in [1.29, 1.82) is 0 Å². The van der Waals surface area contributed by atoms with Gasteiger partial charge in [0, 0.05) is 13.8 Å². The minimum Gasteiger partial charge on any atom is -0.289 e.